The quantitative estimate of drug-likeness (QED) is 0.271. The molecule has 0 heterocycles. The molecule has 5 fully saturated rings. The Morgan fingerprint density at radius 2 is 1.50 bits per heavy atom. The molecule has 28 heavy (non-hydrogen) atoms. The zero-order valence-corrected chi connectivity index (χ0v) is 21.7. The van der Waals surface area contributed by atoms with Gasteiger partial charge in [-0.3, -0.25) is 0 Å². The Hall–Kier alpha value is 0.730. The van der Waals surface area contributed by atoms with Crippen LogP contribution in [0.25, 0.3) is 0 Å². The summed E-state index contributed by atoms with van der Waals surface area (Å²) in [5.74, 6) is 4.89. The van der Waals surface area contributed by atoms with Crippen LogP contribution in [0.2, 0.25) is 0 Å². The predicted molar refractivity (Wildman–Crippen MR) is 129 cm³/mol. The number of hydrogen-bond acceptors (Lipinski definition) is 0. The van der Waals surface area contributed by atoms with E-state index >= 15 is 0 Å². The van der Waals surface area contributed by atoms with E-state index in [-0.39, 0.29) is 0 Å². The highest BCUT2D eigenvalue weighted by Gasteiger charge is 2.81. The van der Waals surface area contributed by atoms with Gasteiger partial charge in [0.15, 0.2) is 0 Å². The largest absolute Gasteiger partial charge is 0.0864 e. The third kappa shape index (κ3) is 2.20. The maximum atomic E-state index is 2.79. The predicted octanol–water partition coefficient (Wildman–Crippen LogP) is 8.52. The maximum Gasteiger partial charge on any atom is -0.000209 e. The molecule has 5 aliphatic carbocycles. The molecule has 0 aliphatic heterocycles. The van der Waals surface area contributed by atoms with Crippen molar-refractivity contribution in [2.45, 2.75) is 106 Å². The summed E-state index contributed by atoms with van der Waals surface area (Å²) < 4.78 is 1.34. The zero-order chi connectivity index (χ0) is 20.2. The standard InChI is InChI=1S/C27H45I/c1-18(11-16-28)20-10-12-25(6)22-8-7-21-23(3,4)19(2)9-13-26(21)17-27(22,26)15-14-24(20,25)5/h18-22H,7-17H2,1-6H3/t18-,19+,20-,21?,22?,24-,25+,26-,27+/m1/s1. The van der Waals surface area contributed by atoms with Crippen LogP contribution >= 0.6 is 22.6 Å². The lowest BCUT2D eigenvalue weighted by molar-refractivity contribution is -0.149. The van der Waals surface area contributed by atoms with Crippen molar-refractivity contribution in [3.05, 3.63) is 0 Å². The second kappa shape index (κ2) is 6.16. The molecule has 0 nitrogen and oxygen atoms in total. The summed E-state index contributed by atoms with van der Waals surface area (Å²) in [6, 6.07) is 0. The van der Waals surface area contributed by atoms with Gasteiger partial charge in [-0.1, -0.05) is 64.1 Å². The van der Waals surface area contributed by atoms with Gasteiger partial charge in [-0.15, -0.1) is 0 Å². The molecule has 5 saturated carbocycles. The van der Waals surface area contributed by atoms with Gasteiger partial charge in [0.2, 0.25) is 0 Å². The van der Waals surface area contributed by atoms with Gasteiger partial charge in [-0.05, 0) is 125 Å². The van der Waals surface area contributed by atoms with E-state index in [1.54, 1.807) is 38.5 Å². The van der Waals surface area contributed by atoms with Crippen molar-refractivity contribution in [3.8, 4) is 0 Å². The molecule has 160 valence electrons. The van der Waals surface area contributed by atoms with Crippen LogP contribution in [0.1, 0.15) is 106 Å². The van der Waals surface area contributed by atoms with Crippen molar-refractivity contribution < 1.29 is 0 Å². The van der Waals surface area contributed by atoms with Gasteiger partial charge in [0, 0.05) is 0 Å². The van der Waals surface area contributed by atoms with Crippen LogP contribution in [0, 0.1) is 56.7 Å². The van der Waals surface area contributed by atoms with E-state index in [2.05, 4.69) is 64.1 Å². The molecule has 0 N–H and O–H groups in total. The molecule has 0 aromatic carbocycles. The van der Waals surface area contributed by atoms with Gasteiger partial charge in [-0.2, -0.15) is 0 Å². The third-order valence-corrected chi connectivity index (χ3v) is 13.6. The highest BCUT2D eigenvalue weighted by atomic mass is 127. The normalized spacial score (nSPS) is 57.5. The van der Waals surface area contributed by atoms with Crippen molar-refractivity contribution in [2.24, 2.45) is 56.7 Å². The van der Waals surface area contributed by atoms with Crippen molar-refractivity contribution >= 4 is 22.6 Å². The van der Waals surface area contributed by atoms with E-state index < -0.39 is 0 Å². The van der Waals surface area contributed by atoms with Crippen LogP contribution in [-0.4, -0.2) is 4.43 Å². The Morgan fingerprint density at radius 3 is 2.21 bits per heavy atom. The maximum absolute atomic E-state index is 2.79. The zero-order valence-electron chi connectivity index (χ0n) is 19.5. The van der Waals surface area contributed by atoms with Gasteiger partial charge < -0.3 is 0 Å². The molecule has 5 rings (SSSR count). The second-order valence-corrected chi connectivity index (χ2v) is 14.4. The summed E-state index contributed by atoms with van der Waals surface area (Å²) in [5, 5.41) is 0. The lowest BCUT2D eigenvalue weighted by atomic mass is 9.41. The molecule has 0 radical (unpaired) electrons. The highest BCUT2D eigenvalue weighted by Crippen LogP contribution is 2.89. The van der Waals surface area contributed by atoms with Crippen molar-refractivity contribution in [1.29, 1.82) is 0 Å². The van der Waals surface area contributed by atoms with Gasteiger partial charge in [0.1, 0.15) is 0 Å². The van der Waals surface area contributed by atoms with Crippen LogP contribution in [0.15, 0.2) is 0 Å². The van der Waals surface area contributed by atoms with Crippen LogP contribution in [0.4, 0.5) is 0 Å². The molecule has 2 unspecified atom stereocenters. The van der Waals surface area contributed by atoms with Crippen LogP contribution < -0.4 is 0 Å². The fourth-order valence-electron chi connectivity index (χ4n) is 10.9. The lowest BCUT2D eigenvalue weighted by Crippen LogP contribution is -2.56. The van der Waals surface area contributed by atoms with Crippen LogP contribution in [-0.2, 0) is 0 Å². The summed E-state index contributed by atoms with van der Waals surface area (Å²) in [7, 11) is 0. The molecular formula is C27H45I. The van der Waals surface area contributed by atoms with E-state index in [1.165, 1.54) is 30.1 Å². The molecule has 0 bridgehead atoms. The molecule has 9 atom stereocenters. The number of fused-ring (bicyclic) bond motifs is 2. The number of halogens is 1. The Kier molecular flexibility index (Phi) is 4.53. The van der Waals surface area contributed by atoms with E-state index in [9.17, 15) is 0 Å². The summed E-state index contributed by atoms with van der Waals surface area (Å²) >= 11 is 2.61. The second-order valence-electron chi connectivity index (χ2n) is 13.4. The van der Waals surface area contributed by atoms with Crippen molar-refractivity contribution in [2.75, 3.05) is 4.43 Å². The van der Waals surface area contributed by atoms with E-state index in [4.69, 9.17) is 0 Å². The lowest BCUT2D eigenvalue weighted by Gasteiger charge is -2.63. The Labute approximate surface area is 188 Å². The number of hydrogen-bond donors (Lipinski definition) is 0. The molecule has 0 aromatic heterocycles. The first-order valence-corrected chi connectivity index (χ1v) is 14.2. The molecule has 2 spiro atoms. The van der Waals surface area contributed by atoms with E-state index in [1.807, 2.05) is 0 Å². The Morgan fingerprint density at radius 1 is 0.821 bits per heavy atom. The highest BCUT2D eigenvalue weighted by molar-refractivity contribution is 14.1. The summed E-state index contributed by atoms with van der Waals surface area (Å²) in [6.07, 6.45) is 15.4. The van der Waals surface area contributed by atoms with E-state index in [0.717, 1.165) is 40.4 Å². The number of alkyl halides is 1. The summed E-state index contributed by atoms with van der Waals surface area (Å²) in [6.45, 7) is 16.0. The third-order valence-electron chi connectivity index (χ3n) is 13.0. The SMILES string of the molecule is C[C@H](CCI)[C@H]1CC[C@@]2(C)C3CCC4C(C)(C)[C@@H](C)CC[C@@]45C[C@@]35CC[C@]12C. The molecule has 0 saturated heterocycles. The molecule has 5 aliphatic rings. The average molecular weight is 497 g/mol. The van der Waals surface area contributed by atoms with Gasteiger partial charge in [0.25, 0.3) is 0 Å². The topological polar surface area (TPSA) is 0 Å². The summed E-state index contributed by atoms with van der Waals surface area (Å²) in [5.41, 5.74) is 3.31. The first-order chi connectivity index (χ1) is 13.1. The van der Waals surface area contributed by atoms with Crippen molar-refractivity contribution in [1.82, 2.24) is 0 Å². The monoisotopic (exact) mass is 496 g/mol. The first kappa shape index (κ1) is 20.6. The number of rotatable bonds is 3. The van der Waals surface area contributed by atoms with E-state index in [0.29, 0.717) is 16.2 Å². The first-order valence-electron chi connectivity index (χ1n) is 12.6. The van der Waals surface area contributed by atoms with Gasteiger partial charge >= 0.3 is 0 Å². The van der Waals surface area contributed by atoms with Crippen LogP contribution in [0.3, 0.4) is 0 Å². The fourth-order valence-corrected chi connectivity index (χ4v) is 11.8. The van der Waals surface area contributed by atoms with Crippen LogP contribution in [0.5, 0.6) is 0 Å². The molecule has 0 amide bonds. The average Bonchev–Trinajstić information content (AvgIpc) is 3.22. The minimum Gasteiger partial charge on any atom is -0.0864 e. The fraction of sp³-hybridized carbons (Fsp3) is 1.00. The minimum atomic E-state index is 0.571. The Bertz CT molecular complexity index is 653. The van der Waals surface area contributed by atoms with Crippen molar-refractivity contribution in [3.63, 3.8) is 0 Å². The smallest absolute Gasteiger partial charge is 0.000209 e. The Balaban J connectivity index is 1.49. The molecular weight excluding hydrogens is 451 g/mol. The molecule has 1 heteroatoms. The van der Waals surface area contributed by atoms with Gasteiger partial charge in [-0.25, -0.2) is 0 Å². The minimum absolute atomic E-state index is 0.571. The molecule has 0 aromatic rings. The van der Waals surface area contributed by atoms with Gasteiger partial charge in [0.05, 0.1) is 0 Å². The summed E-state index contributed by atoms with van der Waals surface area (Å²) in [4.78, 5) is 0.